The number of nitrogens with one attached hydrogen (secondary N) is 1. The molecule has 0 fully saturated rings. The number of carbonyl (C=O) groups is 1. The van der Waals surface area contributed by atoms with Gasteiger partial charge in [0.15, 0.2) is 5.16 Å². The van der Waals surface area contributed by atoms with Crippen molar-refractivity contribution in [3.63, 3.8) is 0 Å². The summed E-state index contributed by atoms with van der Waals surface area (Å²) < 4.78 is 1.92. The highest BCUT2D eigenvalue weighted by molar-refractivity contribution is 8.00. The zero-order chi connectivity index (χ0) is 23.2. The summed E-state index contributed by atoms with van der Waals surface area (Å²) in [5.41, 5.74) is 0.791. The van der Waals surface area contributed by atoms with Gasteiger partial charge in [0.2, 0.25) is 5.91 Å². The van der Waals surface area contributed by atoms with Crippen LogP contribution in [0.25, 0.3) is 0 Å². The van der Waals surface area contributed by atoms with E-state index in [1.807, 2.05) is 46.3 Å². The monoisotopic (exact) mass is 499 g/mol. The van der Waals surface area contributed by atoms with E-state index in [1.165, 1.54) is 34.8 Å². The van der Waals surface area contributed by atoms with Crippen LogP contribution in [0.2, 0.25) is 5.02 Å². The van der Waals surface area contributed by atoms with Crippen molar-refractivity contribution in [3.8, 4) is 0 Å². The summed E-state index contributed by atoms with van der Waals surface area (Å²) in [4.78, 5) is 25.1. The van der Waals surface area contributed by atoms with Crippen molar-refractivity contribution in [3.05, 3.63) is 97.9 Å². The van der Waals surface area contributed by atoms with Gasteiger partial charge in [-0.15, -0.1) is 21.5 Å². The van der Waals surface area contributed by atoms with Crippen LogP contribution in [0, 0.1) is 10.1 Å². The van der Waals surface area contributed by atoms with Gasteiger partial charge in [-0.05, 0) is 35.6 Å². The van der Waals surface area contributed by atoms with Crippen molar-refractivity contribution in [2.75, 3.05) is 5.32 Å². The van der Waals surface area contributed by atoms with Crippen LogP contribution in [-0.4, -0.2) is 25.6 Å². The molecule has 168 valence electrons. The van der Waals surface area contributed by atoms with Crippen LogP contribution >= 0.6 is 34.7 Å². The van der Waals surface area contributed by atoms with E-state index < -0.39 is 10.2 Å². The smallest absolute Gasteiger partial charge is 0.289 e. The first-order valence-corrected chi connectivity index (χ1v) is 12.0. The Balaban J connectivity index is 1.56. The first kappa shape index (κ1) is 23.0. The quantitative estimate of drug-likeness (QED) is 0.182. The second kappa shape index (κ2) is 10.6. The Morgan fingerprint density at radius 1 is 1.21 bits per heavy atom. The number of hydrogen-bond acceptors (Lipinski definition) is 7. The molecule has 0 radical (unpaired) electrons. The molecule has 2 aromatic carbocycles. The average molecular weight is 500 g/mol. The van der Waals surface area contributed by atoms with Gasteiger partial charge in [0.05, 0.1) is 4.92 Å². The van der Waals surface area contributed by atoms with Gasteiger partial charge in [-0.3, -0.25) is 14.9 Å². The second-order valence-corrected chi connectivity index (χ2v) is 9.47. The number of benzene rings is 2. The topological polar surface area (TPSA) is 103 Å². The minimum Gasteiger partial charge on any atom is -0.325 e. The van der Waals surface area contributed by atoms with Crippen LogP contribution in [0.5, 0.6) is 0 Å². The molecule has 11 heteroatoms. The van der Waals surface area contributed by atoms with Crippen molar-refractivity contribution < 1.29 is 9.72 Å². The van der Waals surface area contributed by atoms with Crippen molar-refractivity contribution >= 4 is 52.0 Å². The van der Waals surface area contributed by atoms with E-state index in [2.05, 4.69) is 21.6 Å². The summed E-state index contributed by atoms with van der Waals surface area (Å²) in [7, 11) is 0. The fourth-order valence-electron chi connectivity index (χ4n) is 3.12. The Labute approximate surface area is 202 Å². The molecular weight excluding hydrogens is 482 g/mol. The molecular formula is C22H18ClN5O3S2. The molecule has 0 saturated carbocycles. The lowest BCUT2D eigenvalue weighted by molar-refractivity contribution is -0.384. The van der Waals surface area contributed by atoms with E-state index in [0.717, 1.165) is 12.0 Å². The van der Waals surface area contributed by atoms with Gasteiger partial charge < -0.3 is 9.88 Å². The molecule has 2 aromatic heterocycles. The van der Waals surface area contributed by atoms with Crippen LogP contribution in [0.4, 0.5) is 11.4 Å². The third kappa shape index (κ3) is 5.78. The number of aryl methyl sites for hydroxylation is 2. The fraction of sp³-hybridized carbons (Fsp3) is 0.136. The summed E-state index contributed by atoms with van der Waals surface area (Å²) in [6.07, 6.45) is 2.48. The molecule has 0 saturated heterocycles. The lowest BCUT2D eigenvalue weighted by Gasteiger charge is -2.17. The van der Waals surface area contributed by atoms with E-state index in [1.54, 1.807) is 17.7 Å². The molecule has 1 unspecified atom stereocenters. The second-order valence-electron chi connectivity index (χ2n) is 6.96. The summed E-state index contributed by atoms with van der Waals surface area (Å²) in [6, 6.07) is 17.5. The number of thioether (sulfide) groups is 1. The Morgan fingerprint density at radius 3 is 2.76 bits per heavy atom. The van der Waals surface area contributed by atoms with Gasteiger partial charge in [-0.25, -0.2) is 0 Å². The standard InChI is InChI=1S/C22H18ClN5O3S2/c23-18-9-8-16(13-19(18)28(30)31)25-21(29)20(15-5-2-1-3-6-15)33-22-26-24-14-27(22)11-10-17-7-4-12-32-17/h1-9,12-14,20H,10-11H2,(H,25,29). The highest BCUT2D eigenvalue weighted by Gasteiger charge is 2.25. The first-order valence-electron chi connectivity index (χ1n) is 9.88. The zero-order valence-corrected chi connectivity index (χ0v) is 19.5. The maximum absolute atomic E-state index is 13.3. The summed E-state index contributed by atoms with van der Waals surface area (Å²) >= 11 is 8.85. The minimum absolute atomic E-state index is 0.00539. The average Bonchev–Trinajstić information content (AvgIpc) is 3.49. The normalized spacial score (nSPS) is 11.8. The maximum Gasteiger partial charge on any atom is 0.289 e. The van der Waals surface area contributed by atoms with Crippen LogP contribution < -0.4 is 5.32 Å². The molecule has 2 heterocycles. The summed E-state index contributed by atoms with van der Waals surface area (Å²) in [5, 5.41) is 24.2. The molecule has 0 bridgehead atoms. The van der Waals surface area contributed by atoms with Gasteiger partial charge in [0.25, 0.3) is 5.69 Å². The number of anilines is 1. The van der Waals surface area contributed by atoms with E-state index in [9.17, 15) is 14.9 Å². The molecule has 1 amide bonds. The van der Waals surface area contributed by atoms with Crippen LogP contribution in [0.15, 0.2) is 77.5 Å². The Kier molecular flexibility index (Phi) is 7.38. The van der Waals surface area contributed by atoms with Crippen molar-refractivity contribution in [1.29, 1.82) is 0 Å². The number of nitrogens with zero attached hydrogens (tertiary/aromatic N) is 4. The van der Waals surface area contributed by atoms with E-state index in [4.69, 9.17) is 11.6 Å². The van der Waals surface area contributed by atoms with E-state index in [-0.39, 0.29) is 22.3 Å². The van der Waals surface area contributed by atoms with Crippen LogP contribution in [0.3, 0.4) is 0 Å². The summed E-state index contributed by atoms with van der Waals surface area (Å²) in [5.74, 6) is -0.337. The molecule has 0 aliphatic heterocycles. The van der Waals surface area contributed by atoms with Crippen LogP contribution in [0.1, 0.15) is 15.7 Å². The molecule has 1 N–H and O–H groups in total. The minimum atomic E-state index is -0.648. The zero-order valence-electron chi connectivity index (χ0n) is 17.1. The Morgan fingerprint density at radius 2 is 2.03 bits per heavy atom. The molecule has 0 spiro atoms. The predicted molar refractivity (Wildman–Crippen MR) is 130 cm³/mol. The van der Waals surface area contributed by atoms with Crippen molar-refractivity contribution in [2.24, 2.45) is 0 Å². The number of aromatic nitrogens is 3. The van der Waals surface area contributed by atoms with Gasteiger partial charge in [0.1, 0.15) is 16.6 Å². The third-order valence-electron chi connectivity index (χ3n) is 4.73. The fourth-order valence-corrected chi connectivity index (χ4v) is 5.04. The van der Waals surface area contributed by atoms with E-state index in [0.29, 0.717) is 11.7 Å². The number of rotatable bonds is 9. The molecule has 4 rings (SSSR count). The van der Waals surface area contributed by atoms with Gasteiger partial charge in [-0.2, -0.15) is 0 Å². The number of hydrogen-bond donors (Lipinski definition) is 1. The predicted octanol–water partition coefficient (Wildman–Crippen LogP) is 5.62. The molecule has 0 aliphatic carbocycles. The third-order valence-corrected chi connectivity index (χ3v) is 7.24. The number of halogens is 1. The highest BCUT2D eigenvalue weighted by Crippen LogP contribution is 2.36. The molecule has 4 aromatic rings. The highest BCUT2D eigenvalue weighted by atomic mass is 35.5. The van der Waals surface area contributed by atoms with Gasteiger partial charge in [-0.1, -0.05) is 59.8 Å². The van der Waals surface area contributed by atoms with Gasteiger partial charge in [0, 0.05) is 23.2 Å². The Bertz CT molecular complexity index is 1250. The molecule has 33 heavy (non-hydrogen) atoms. The lowest BCUT2D eigenvalue weighted by atomic mass is 10.1. The number of nitro benzene ring substituents is 1. The first-order chi connectivity index (χ1) is 16.0. The lowest BCUT2D eigenvalue weighted by Crippen LogP contribution is -2.19. The number of thiophene rings is 1. The number of amides is 1. The largest absolute Gasteiger partial charge is 0.325 e. The SMILES string of the molecule is O=C(Nc1ccc(Cl)c([N+](=O)[O-])c1)C(Sc1nncn1CCc1cccs1)c1ccccc1. The molecule has 0 aliphatic rings. The van der Waals surface area contributed by atoms with Crippen molar-refractivity contribution in [2.45, 2.75) is 23.4 Å². The number of carbonyl (C=O) groups excluding carboxylic acids is 1. The van der Waals surface area contributed by atoms with Crippen molar-refractivity contribution in [1.82, 2.24) is 14.8 Å². The maximum atomic E-state index is 13.3. The van der Waals surface area contributed by atoms with E-state index >= 15 is 0 Å². The van der Waals surface area contributed by atoms with Gasteiger partial charge >= 0.3 is 0 Å². The Hall–Kier alpha value is -3.21. The number of nitro groups is 1. The van der Waals surface area contributed by atoms with Crippen LogP contribution in [-0.2, 0) is 17.8 Å². The molecule has 8 nitrogen and oxygen atoms in total. The molecule has 1 atom stereocenters. The summed E-state index contributed by atoms with van der Waals surface area (Å²) in [6.45, 7) is 0.683.